The maximum absolute atomic E-state index is 13.5. The number of aromatic nitrogens is 2. The third kappa shape index (κ3) is 2.20. The lowest BCUT2D eigenvalue weighted by atomic mass is 10.1. The molecule has 24 heavy (non-hydrogen) atoms. The van der Waals surface area contributed by atoms with Gasteiger partial charge in [0.25, 0.3) is 5.56 Å². The Balaban J connectivity index is 2.04. The molecular weight excluding hydrogens is 377 g/mol. The first-order chi connectivity index (χ1) is 11.6. The van der Waals surface area contributed by atoms with Gasteiger partial charge in [0.05, 0.1) is 5.56 Å². The van der Waals surface area contributed by atoms with Crippen molar-refractivity contribution >= 4 is 38.0 Å². The Morgan fingerprint density at radius 1 is 1.25 bits per heavy atom. The topological polar surface area (TPSA) is 82.7 Å². The summed E-state index contributed by atoms with van der Waals surface area (Å²) >= 11 is 3.38. The van der Waals surface area contributed by atoms with Gasteiger partial charge in [-0.2, -0.15) is 5.26 Å². The highest BCUT2D eigenvalue weighted by atomic mass is 79.9. The number of aromatic amines is 1. The Morgan fingerprint density at radius 3 is 2.88 bits per heavy atom. The van der Waals surface area contributed by atoms with Crippen LogP contribution in [0.25, 0.3) is 33.5 Å². The summed E-state index contributed by atoms with van der Waals surface area (Å²) in [5, 5.41) is 9.64. The van der Waals surface area contributed by atoms with E-state index < -0.39 is 11.4 Å². The van der Waals surface area contributed by atoms with E-state index in [1.165, 1.54) is 18.2 Å². The summed E-state index contributed by atoms with van der Waals surface area (Å²) < 4.78 is 19.9. The number of furan rings is 1. The molecule has 116 valence electrons. The average molecular weight is 384 g/mol. The minimum absolute atomic E-state index is 0.116. The zero-order valence-corrected chi connectivity index (χ0v) is 13.5. The van der Waals surface area contributed by atoms with E-state index in [0.29, 0.717) is 22.0 Å². The van der Waals surface area contributed by atoms with Crippen LogP contribution in [0.2, 0.25) is 0 Å². The molecule has 4 rings (SSSR count). The number of halogens is 2. The largest absolute Gasteiger partial charge is 0.449 e. The molecule has 0 spiro atoms. The first-order valence-electron chi connectivity index (χ1n) is 6.89. The average Bonchev–Trinajstić information content (AvgIpc) is 2.94. The van der Waals surface area contributed by atoms with Crippen molar-refractivity contribution in [2.24, 2.45) is 0 Å². The number of nitrogens with zero attached hydrogens (tertiary/aromatic N) is 2. The Labute approximate surface area is 142 Å². The molecule has 0 atom stereocenters. The second-order valence-corrected chi connectivity index (χ2v) is 6.06. The van der Waals surface area contributed by atoms with Gasteiger partial charge in [0, 0.05) is 15.4 Å². The Hall–Kier alpha value is -2.98. The van der Waals surface area contributed by atoms with Crippen LogP contribution in [0.1, 0.15) is 5.56 Å². The molecule has 2 heterocycles. The number of H-pyrrole nitrogens is 1. The van der Waals surface area contributed by atoms with Crippen LogP contribution in [0.3, 0.4) is 0 Å². The van der Waals surface area contributed by atoms with Crippen molar-refractivity contribution < 1.29 is 8.81 Å². The highest BCUT2D eigenvalue weighted by Crippen LogP contribution is 2.29. The van der Waals surface area contributed by atoms with Gasteiger partial charge < -0.3 is 9.40 Å². The maximum Gasteiger partial charge on any atom is 0.294 e. The molecule has 0 radical (unpaired) electrons. The fourth-order valence-corrected chi connectivity index (χ4v) is 2.88. The number of fused-ring (bicyclic) bond motifs is 3. The molecule has 0 aliphatic rings. The standard InChI is InChI=1S/C17H7BrFN3O2/c18-10-2-4-13-11(6-10)14-15(24-13)17(23)22-16(21-14)8-1-3-12(19)9(5-8)7-20/h1-6H,(H,21,22,23). The number of nitrogens with one attached hydrogen (secondary N) is 1. The van der Waals surface area contributed by atoms with E-state index in [-0.39, 0.29) is 17.0 Å². The van der Waals surface area contributed by atoms with Crippen molar-refractivity contribution in [3.8, 4) is 17.5 Å². The zero-order valence-electron chi connectivity index (χ0n) is 11.9. The maximum atomic E-state index is 13.5. The molecule has 2 aromatic heterocycles. The lowest BCUT2D eigenvalue weighted by Crippen LogP contribution is -2.08. The molecule has 0 aliphatic heterocycles. The summed E-state index contributed by atoms with van der Waals surface area (Å²) in [7, 11) is 0. The number of hydrogen-bond acceptors (Lipinski definition) is 4. The smallest absolute Gasteiger partial charge is 0.294 e. The summed E-state index contributed by atoms with van der Waals surface area (Å²) in [6.07, 6.45) is 0. The van der Waals surface area contributed by atoms with Crippen LogP contribution in [-0.2, 0) is 0 Å². The van der Waals surface area contributed by atoms with Crippen LogP contribution in [0.4, 0.5) is 4.39 Å². The zero-order chi connectivity index (χ0) is 16.8. The lowest BCUT2D eigenvalue weighted by Gasteiger charge is -2.02. The second kappa shape index (κ2) is 5.28. The molecule has 0 saturated heterocycles. The minimum Gasteiger partial charge on any atom is -0.449 e. The molecule has 0 bridgehead atoms. The molecule has 2 aromatic carbocycles. The molecule has 4 aromatic rings. The van der Waals surface area contributed by atoms with Crippen molar-refractivity contribution in [2.75, 3.05) is 0 Å². The van der Waals surface area contributed by atoms with E-state index in [2.05, 4.69) is 25.9 Å². The first-order valence-corrected chi connectivity index (χ1v) is 7.68. The van der Waals surface area contributed by atoms with Crippen molar-refractivity contribution in [1.82, 2.24) is 9.97 Å². The third-order valence-electron chi connectivity index (χ3n) is 3.65. The summed E-state index contributed by atoms with van der Waals surface area (Å²) in [5.41, 5.74) is 0.957. The molecule has 5 nitrogen and oxygen atoms in total. The van der Waals surface area contributed by atoms with E-state index in [1.54, 1.807) is 18.2 Å². The van der Waals surface area contributed by atoms with Crippen LogP contribution < -0.4 is 5.56 Å². The predicted octanol–water partition coefficient (Wildman–Crippen LogP) is 4.11. The Morgan fingerprint density at radius 2 is 2.08 bits per heavy atom. The second-order valence-electron chi connectivity index (χ2n) is 5.14. The lowest BCUT2D eigenvalue weighted by molar-refractivity contribution is 0.624. The van der Waals surface area contributed by atoms with Gasteiger partial charge in [0.1, 0.15) is 28.8 Å². The fourth-order valence-electron chi connectivity index (χ4n) is 2.52. The van der Waals surface area contributed by atoms with Gasteiger partial charge in [0.2, 0.25) is 5.58 Å². The van der Waals surface area contributed by atoms with Crippen LogP contribution in [0.5, 0.6) is 0 Å². The summed E-state index contributed by atoms with van der Waals surface area (Å²) in [4.78, 5) is 19.4. The van der Waals surface area contributed by atoms with Gasteiger partial charge >= 0.3 is 0 Å². The summed E-state index contributed by atoms with van der Waals surface area (Å²) in [5.74, 6) is -0.381. The van der Waals surface area contributed by atoms with E-state index in [9.17, 15) is 9.18 Å². The molecule has 0 aliphatic carbocycles. The number of benzene rings is 2. The van der Waals surface area contributed by atoms with E-state index in [0.717, 1.165) is 4.47 Å². The SMILES string of the molecule is N#Cc1cc(-c2nc3c(oc4ccc(Br)cc43)c(=O)[nH]2)ccc1F. The van der Waals surface area contributed by atoms with Crippen molar-refractivity contribution in [2.45, 2.75) is 0 Å². The predicted molar refractivity (Wildman–Crippen MR) is 89.9 cm³/mol. The summed E-state index contributed by atoms with van der Waals surface area (Å²) in [6, 6.07) is 11.1. The van der Waals surface area contributed by atoms with Crippen molar-refractivity contribution in [3.63, 3.8) is 0 Å². The first kappa shape index (κ1) is 14.6. The Bertz CT molecular complexity index is 1220. The quantitative estimate of drug-likeness (QED) is 0.536. The van der Waals surface area contributed by atoms with E-state index in [1.807, 2.05) is 6.07 Å². The van der Waals surface area contributed by atoms with Gasteiger partial charge in [-0.1, -0.05) is 15.9 Å². The van der Waals surface area contributed by atoms with Gasteiger partial charge in [-0.05, 0) is 36.4 Å². The van der Waals surface area contributed by atoms with E-state index >= 15 is 0 Å². The molecule has 0 fully saturated rings. The van der Waals surface area contributed by atoms with Crippen LogP contribution in [-0.4, -0.2) is 9.97 Å². The van der Waals surface area contributed by atoms with Crippen LogP contribution in [0.15, 0.2) is 50.1 Å². The third-order valence-corrected chi connectivity index (χ3v) is 4.14. The number of hydrogen-bond donors (Lipinski definition) is 1. The van der Waals surface area contributed by atoms with Gasteiger partial charge in [0.15, 0.2) is 0 Å². The highest BCUT2D eigenvalue weighted by molar-refractivity contribution is 9.10. The van der Waals surface area contributed by atoms with Crippen molar-refractivity contribution in [3.05, 3.63) is 62.6 Å². The van der Waals surface area contributed by atoms with Crippen LogP contribution in [0, 0.1) is 17.1 Å². The van der Waals surface area contributed by atoms with Gasteiger partial charge in [-0.3, -0.25) is 4.79 Å². The van der Waals surface area contributed by atoms with Crippen molar-refractivity contribution in [1.29, 1.82) is 5.26 Å². The van der Waals surface area contributed by atoms with E-state index in [4.69, 9.17) is 9.68 Å². The normalized spacial score (nSPS) is 11.0. The van der Waals surface area contributed by atoms with Crippen LogP contribution >= 0.6 is 15.9 Å². The molecule has 7 heteroatoms. The fraction of sp³-hybridized carbons (Fsp3) is 0. The molecule has 0 amide bonds. The highest BCUT2D eigenvalue weighted by Gasteiger charge is 2.15. The molecular formula is C17H7BrFN3O2. The van der Waals surface area contributed by atoms with Gasteiger partial charge in [-0.15, -0.1) is 0 Å². The number of rotatable bonds is 1. The summed E-state index contributed by atoms with van der Waals surface area (Å²) in [6.45, 7) is 0. The minimum atomic E-state index is -0.623. The van der Waals surface area contributed by atoms with Gasteiger partial charge in [-0.25, -0.2) is 9.37 Å². The molecule has 0 saturated carbocycles. The molecule has 0 unspecified atom stereocenters. The molecule has 1 N–H and O–H groups in total. The Kier molecular flexibility index (Phi) is 3.22. The number of nitriles is 1. The monoisotopic (exact) mass is 383 g/mol.